The molecule has 1 aliphatic rings. The Bertz CT molecular complexity index is 950. The summed E-state index contributed by atoms with van der Waals surface area (Å²) in [5, 5.41) is 4.47. The molecular weight excluding hydrogens is 362 g/mol. The normalized spacial score (nSPS) is 14.9. The van der Waals surface area contributed by atoms with Crippen LogP contribution < -0.4 is 10.1 Å². The molecule has 5 nitrogen and oxygen atoms in total. The number of pyridine rings is 1. The molecule has 1 aliphatic heterocycles. The van der Waals surface area contributed by atoms with Crippen LogP contribution in [0, 0.1) is 0 Å². The van der Waals surface area contributed by atoms with Crippen LogP contribution in [0.15, 0.2) is 60.8 Å². The zero-order valence-electron chi connectivity index (χ0n) is 14.8. The fourth-order valence-corrected chi connectivity index (χ4v) is 3.47. The number of halogens is 1. The van der Waals surface area contributed by atoms with E-state index in [1.807, 2.05) is 42.5 Å². The molecule has 1 fully saturated rings. The number of anilines is 1. The van der Waals surface area contributed by atoms with Crippen LogP contribution in [0.1, 0.15) is 12.8 Å². The standard InChI is InChI=1S/C21H20ClN3O2/c22-17-7-1-2-8-18(17)24-21(26)25-13-10-16(11-14-25)27-19-9-3-5-15-6-4-12-23-20(15)19/h1-9,12,16H,10-11,13-14H2,(H,24,26). The first-order valence-corrected chi connectivity index (χ1v) is 9.39. The van der Waals surface area contributed by atoms with Crippen LogP contribution in [0.3, 0.4) is 0 Å². The first kappa shape index (κ1) is 17.6. The molecule has 0 aliphatic carbocycles. The van der Waals surface area contributed by atoms with Crippen molar-refractivity contribution in [3.05, 3.63) is 65.8 Å². The molecule has 3 aromatic rings. The molecule has 1 aromatic heterocycles. The summed E-state index contributed by atoms with van der Waals surface area (Å²) in [6.07, 6.45) is 3.40. The van der Waals surface area contributed by atoms with E-state index in [0.29, 0.717) is 23.8 Å². The van der Waals surface area contributed by atoms with Crippen molar-refractivity contribution >= 4 is 34.2 Å². The monoisotopic (exact) mass is 381 g/mol. The maximum absolute atomic E-state index is 12.5. The van der Waals surface area contributed by atoms with E-state index in [9.17, 15) is 4.79 Å². The molecule has 0 unspecified atom stereocenters. The number of ether oxygens (including phenoxy) is 1. The number of fused-ring (bicyclic) bond motifs is 1. The Labute approximate surface area is 162 Å². The first-order valence-electron chi connectivity index (χ1n) is 9.01. The lowest BCUT2D eigenvalue weighted by Gasteiger charge is -2.32. The van der Waals surface area contributed by atoms with E-state index < -0.39 is 0 Å². The van der Waals surface area contributed by atoms with E-state index in [2.05, 4.69) is 10.3 Å². The second kappa shape index (κ2) is 7.84. The van der Waals surface area contributed by atoms with E-state index >= 15 is 0 Å². The summed E-state index contributed by atoms with van der Waals surface area (Å²) >= 11 is 6.11. The Morgan fingerprint density at radius 1 is 1.07 bits per heavy atom. The van der Waals surface area contributed by atoms with E-state index in [4.69, 9.17) is 16.3 Å². The van der Waals surface area contributed by atoms with Gasteiger partial charge in [-0.05, 0) is 24.3 Å². The van der Waals surface area contributed by atoms with Gasteiger partial charge in [0.15, 0.2) is 0 Å². The molecule has 2 amide bonds. The van der Waals surface area contributed by atoms with Crippen molar-refractivity contribution in [3.8, 4) is 5.75 Å². The molecule has 27 heavy (non-hydrogen) atoms. The second-order valence-electron chi connectivity index (χ2n) is 6.55. The van der Waals surface area contributed by atoms with E-state index in [0.717, 1.165) is 29.5 Å². The number of aromatic nitrogens is 1. The lowest BCUT2D eigenvalue weighted by atomic mass is 10.1. The smallest absolute Gasteiger partial charge is 0.321 e. The van der Waals surface area contributed by atoms with Crippen LogP contribution >= 0.6 is 11.6 Å². The van der Waals surface area contributed by atoms with Gasteiger partial charge in [-0.15, -0.1) is 0 Å². The van der Waals surface area contributed by atoms with Gasteiger partial charge >= 0.3 is 6.03 Å². The Hall–Kier alpha value is -2.79. The molecule has 6 heteroatoms. The van der Waals surface area contributed by atoms with Gasteiger partial charge in [-0.2, -0.15) is 0 Å². The molecule has 1 saturated heterocycles. The summed E-state index contributed by atoms with van der Waals surface area (Å²) in [4.78, 5) is 18.7. The van der Waals surface area contributed by atoms with Gasteiger partial charge in [0.05, 0.1) is 10.7 Å². The SMILES string of the molecule is O=C(Nc1ccccc1Cl)N1CCC(Oc2cccc3cccnc23)CC1. The van der Waals surface area contributed by atoms with Gasteiger partial charge in [-0.3, -0.25) is 4.98 Å². The van der Waals surface area contributed by atoms with E-state index in [-0.39, 0.29) is 12.1 Å². The number of para-hydroxylation sites is 2. The number of likely N-dealkylation sites (tertiary alicyclic amines) is 1. The maximum atomic E-state index is 12.5. The quantitative estimate of drug-likeness (QED) is 0.697. The molecule has 1 N–H and O–H groups in total. The third-order valence-electron chi connectivity index (χ3n) is 4.73. The number of carbonyl (C=O) groups excluding carboxylic acids is 1. The van der Waals surface area contributed by atoms with Gasteiger partial charge in [-0.1, -0.05) is 41.9 Å². The fourth-order valence-electron chi connectivity index (χ4n) is 3.28. The molecular formula is C21H20ClN3O2. The Balaban J connectivity index is 1.36. The molecule has 0 radical (unpaired) electrons. The summed E-state index contributed by atoms with van der Waals surface area (Å²) in [6, 6.07) is 17.0. The minimum Gasteiger partial charge on any atom is -0.488 e. The van der Waals surface area contributed by atoms with Crippen LogP contribution in [-0.4, -0.2) is 35.1 Å². The number of urea groups is 1. The fraction of sp³-hybridized carbons (Fsp3) is 0.238. The Morgan fingerprint density at radius 3 is 2.67 bits per heavy atom. The van der Waals surface area contributed by atoms with E-state index in [1.165, 1.54) is 0 Å². The molecule has 2 aromatic carbocycles. The van der Waals surface area contributed by atoms with Gasteiger partial charge in [-0.25, -0.2) is 4.79 Å². The van der Waals surface area contributed by atoms with E-state index in [1.54, 1.807) is 23.2 Å². The number of hydrogen-bond acceptors (Lipinski definition) is 3. The summed E-state index contributed by atoms with van der Waals surface area (Å²) in [6.45, 7) is 1.28. The molecule has 138 valence electrons. The number of hydrogen-bond donors (Lipinski definition) is 1. The lowest BCUT2D eigenvalue weighted by Crippen LogP contribution is -2.43. The topological polar surface area (TPSA) is 54.5 Å². The zero-order chi connectivity index (χ0) is 18.6. The number of amides is 2. The highest BCUT2D eigenvalue weighted by Crippen LogP contribution is 2.27. The van der Waals surface area contributed by atoms with Crippen LogP contribution in [-0.2, 0) is 0 Å². The van der Waals surface area contributed by atoms with Crippen molar-refractivity contribution in [1.29, 1.82) is 0 Å². The number of piperidine rings is 1. The maximum Gasteiger partial charge on any atom is 0.321 e. The Kier molecular flexibility index (Phi) is 5.12. The van der Waals surface area contributed by atoms with Crippen molar-refractivity contribution in [3.63, 3.8) is 0 Å². The number of nitrogens with zero attached hydrogens (tertiary/aromatic N) is 2. The number of rotatable bonds is 3. The largest absolute Gasteiger partial charge is 0.488 e. The van der Waals surface area contributed by atoms with Gasteiger partial charge in [0.1, 0.15) is 17.4 Å². The second-order valence-corrected chi connectivity index (χ2v) is 6.95. The average molecular weight is 382 g/mol. The molecule has 0 atom stereocenters. The lowest BCUT2D eigenvalue weighted by molar-refractivity contribution is 0.116. The van der Waals surface area contributed by atoms with Crippen molar-refractivity contribution in [2.75, 3.05) is 18.4 Å². The zero-order valence-corrected chi connectivity index (χ0v) is 15.5. The number of nitrogens with one attached hydrogen (secondary N) is 1. The summed E-state index contributed by atoms with van der Waals surface area (Å²) in [7, 11) is 0. The highest BCUT2D eigenvalue weighted by molar-refractivity contribution is 6.33. The van der Waals surface area contributed by atoms with Gasteiger partial charge in [0.25, 0.3) is 0 Å². The minimum atomic E-state index is -0.131. The number of benzene rings is 2. The third kappa shape index (κ3) is 3.98. The number of carbonyl (C=O) groups is 1. The molecule has 4 rings (SSSR count). The average Bonchev–Trinajstić information content (AvgIpc) is 2.70. The van der Waals surface area contributed by atoms with Crippen molar-refractivity contribution in [1.82, 2.24) is 9.88 Å². The van der Waals surface area contributed by atoms with Crippen molar-refractivity contribution < 1.29 is 9.53 Å². The molecule has 0 spiro atoms. The molecule has 0 bridgehead atoms. The van der Waals surface area contributed by atoms with Crippen LogP contribution in [0.5, 0.6) is 5.75 Å². The molecule has 0 saturated carbocycles. The van der Waals surface area contributed by atoms with Crippen molar-refractivity contribution in [2.45, 2.75) is 18.9 Å². The predicted molar refractivity (Wildman–Crippen MR) is 107 cm³/mol. The minimum absolute atomic E-state index is 0.0713. The van der Waals surface area contributed by atoms with Crippen LogP contribution in [0.4, 0.5) is 10.5 Å². The third-order valence-corrected chi connectivity index (χ3v) is 5.06. The first-order chi connectivity index (χ1) is 13.2. The van der Waals surface area contributed by atoms with Crippen molar-refractivity contribution in [2.24, 2.45) is 0 Å². The Morgan fingerprint density at radius 2 is 1.85 bits per heavy atom. The summed E-state index contributed by atoms with van der Waals surface area (Å²) in [5.74, 6) is 0.798. The van der Waals surface area contributed by atoms with Gasteiger partial charge in [0, 0.05) is 37.5 Å². The van der Waals surface area contributed by atoms with Gasteiger partial charge < -0.3 is 15.0 Å². The summed E-state index contributed by atoms with van der Waals surface area (Å²) < 4.78 is 6.19. The summed E-state index contributed by atoms with van der Waals surface area (Å²) in [5.41, 5.74) is 1.50. The van der Waals surface area contributed by atoms with Crippen LogP contribution in [0.25, 0.3) is 10.9 Å². The van der Waals surface area contributed by atoms with Gasteiger partial charge in [0.2, 0.25) is 0 Å². The predicted octanol–water partition coefficient (Wildman–Crippen LogP) is 4.96. The van der Waals surface area contributed by atoms with Crippen LogP contribution in [0.2, 0.25) is 5.02 Å². The molecule has 2 heterocycles. The highest BCUT2D eigenvalue weighted by Gasteiger charge is 2.24. The highest BCUT2D eigenvalue weighted by atomic mass is 35.5.